The molecular formula is C22H28N2O4. The van der Waals surface area contributed by atoms with Crippen LogP contribution < -0.4 is 10.1 Å². The van der Waals surface area contributed by atoms with E-state index in [0.29, 0.717) is 25.3 Å². The number of rotatable bonds is 7. The number of aryl methyl sites for hydroxylation is 2. The molecule has 2 amide bonds. The minimum absolute atomic E-state index is 0.146. The Labute approximate surface area is 165 Å². The number of fused-ring (bicyclic) bond motifs is 1. The average molecular weight is 384 g/mol. The molecule has 0 saturated carbocycles. The Kier molecular flexibility index (Phi) is 6.07. The van der Waals surface area contributed by atoms with Gasteiger partial charge in [-0.05, 0) is 50.8 Å². The van der Waals surface area contributed by atoms with Crippen LogP contribution in [0.1, 0.15) is 43.1 Å². The smallest absolute Gasteiger partial charge is 0.244 e. The summed E-state index contributed by atoms with van der Waals surface area (Å²) in [6.07, 6.45) is 3.94. The van der Waals surface area contributed by atoms with Crippen LogP contribution in [0.5, 0.6) is 5.75 Å². The molecule has 0 radical (unpaired) electrons. The lowest BCUT2D eigenvalue weighted by Gasteiger charge is -2.15. The van der Waals surface area contributed by atoms with Crippen LogP contribution in [-0.4, -0.2) is 43.5 Å². The molecule has 6 nitrogen and oxygen atoms in total. The topological polar surface area (TPSA) is 71.8 Å². The number of benzene rings is 1. The van der Waals surface area contributed by atoms with Gasteiger partial charge in [0.2, 0.25) is 11.8 Å². The third-order valence-electron chi connectivity index (χ3n) is 5.34. The fraction of sp³-hybridized carbons (Fsp3) is 0.455. The van der Waals surface area contributed by atoms with Crippen molar-refractivity contribution in [2.24, 2.45) is 0 Å². The lowest BCUT2D eigenvalue weighted by molar-refractivity contribution is -0.127. The van der Waals surface area contributed by atoms with Crippen LogP contribution in [0, 0.1) is 13.8 Å². The highest BCUT2D eigenvalue weighted by atomic mass is 16.5. The molecule has 0 unspecified atom stereocenters. The number of methoxy groups -OCH3 is 1. The Bertz CT molecular complexity index is 926. The highest BCUT2D eigenvalue weighted by molar-refractivity contribution is 5.97. The number of nitrogens with one attached hydrogen (secondary N) is 1. The SMILES string of the molecule is COc1cc2oc(C)c(C)c2cc1/C(C)=C/C(=O)NCCCN1CCCC1=O. The average Bonchev–Trinajstić information content (AvgIpc) is 3.20. The van der Waals surface area contributed by atoms with Crippen molar-refractivity contribution in [1.29, 1.82) is 0 Å². The van der Waals surface area contributed by atoms with E-state index in [1.807, 2.05) is 37.8 Å². The van der Waals surface area contributed by atoms with Crippen LogP contribution in [0.2, 0.25) is 0 Å². The van der Waals surface area contributed by atoms with Crippen LogP contribution in [0.25, 0.3) is 16.5 Å². The first kappa shape index (κ1) is 20.0. The lowest BCUT2D eigenvalue weighted by atomic mass is 10.0. The van der Waals surface area contributed by atoms with Gasteiger partial charge in [0.15, 0.2) is 0 Å². The van der Waals surface area contributed by atoms with E-state index in [-0.39, 0.29) is 11.8 Å². The summed E-state index contributed by atoms with van der Waals surface area (Å²) >= 11 is 0. The van der Waals surface area contributed by atoms with Gasteiger partial charge in [0.05, 0.1) is 7.11 Å². The zero-order valence-electron chi connectivity index (χ0n) is 17.1. The standard InChI is InChI=1S/C22H28N2O4/c1-14(11-21(25)23-8-6-10-24-9-5-7-22(24)26)17-12-18-15(2)16(3)28-20(18)13-19(17)27-4/h11-13H,5-10H2,1-4H3,(H,23,25)/b14-11+. The van der Waals surface area contributed by atoms with Crippen molar-refractivity contribution in [2.45, 2.75) is 40.0 Å². The highest BCUT2D eigenvalue weighted by Gasteiger charge is 2.19. The van der Waals surface area contributed by atoms with Crippen LogP contribution in [0.3, 0.4) is 0 Å². The maximum atomic E-state index is 12.3. The predicted molar refractivity (Wildman–Crippen MR) is 109 cm³/mol. The Morgan fingerprint density at radius 1 is 1.36 bits per heavy atom. The van der Waals surface area contributed by atoms with Crippen molar-refractivity contribution in [3.05, 3.63) is 35.1 Å². The molecule has 0 atom stereocenters. The monoisotopic (exact) mass is 384 g/mol. The summed E-state index contributed by atoms with van der Waals surface area (Å²) in [4.78, 5) is 25.8. The Morgan fingerprint density at radius 2 is 2.14 bits per heavy atom. The molecule has 0 spiro atoms. The van der Waals surface area contributed by atoms with Gasteiger partial charge in [0.25, 0.3) is 0 Å². The van der Waals surface area contributed by atoms with Crippen molar-refractivity contribution in [3.63, 3.8) is 0 Å². The van der Waals surface area contributed by atoms with Gasteiger partial charge in [-0.15, -0.1) is 0 Å². The van der Waals surface area contributed by atoms with Crippen molar-refractivity contribution >= 4 is 28.4 Å². The maximum absolute atomic E-state index is 12.3. The van der Waals surface area contributed by atoms with E-state index in [9.17, 15) is 9.59 Å². The van der Waals surface area contributed by atoms with Gasteiger partial charge in [-0.25, -0.2) is 0 Å². The number of ether oxygens (including phenoxy) is 1. The number of allylic oxidation sites excluding steroid dienone is 1. The summed E-state index contributed by atoms with van der Waals surface area (Å²) in [7, 11) is 1.61. The number of furan rings is 1. The summed E-state index contributed by atoms with van der Waals surface area (Å²) in [5, 5.41) is 3.92. The van der Waals surface area contributed by atoms with Gasteiger partial charge in [0, 0.05) is 49.1 Å². The van der Waals surface area contributed by atoms with Gasteiger partial charge in [-0.1, -0.05) is 0 Å². The first-order valence-electron chi connectivity index (χ1n) is 9.72. The van der Waals surface area contributed by atoms with E-state index in [1.54, 1.807) is 13.2 Å². The highest BCUT2D eigenvalue weighted by Crippen LogP contribution is 2.34. The summed E-state index contributed by atoms with van der Waals surface area (Å²) < 4.78 is 11.3. The largest absolute Gasteiger partial charge is 0.496 e. The Balaban J connectivity index is 1.65. The molecule has 0 aliphatic carbocycles. The number of amides is 2. The molecule has 2 heterocycles. The van der Waals surface area contributed by atoms with E-state index in [2.05, 4.69) is 5.32 Å². The molecule has 1 aromatic carbocycles. The second kappa shape index (κ2) is 8.50. The zero-order valence-corrected chi connectivity index (χ0v) is 17.1. The van der Waals surface area contributed by atoms with Gasteiger partial charge < -0.3 is 19.4 Å². The molecule has 1 aromatic heterocycles. The molecule has 1 aliphatic rings. The molecule has 28 heavy (non-hydrogen) atoms. The summed E-state index contributed by atoms with van der Waals surface area (Å²) in [6.45, 7) is 7.94. The molecule has 2 aromatic rings. The van der Waals surface area contributed by atoms with E-state index in [4.69, 9.17) is 9.15 Å². The molecule has 1 N–H and O–H groups in total. The maximum Gasteiger partial charge on any atom is 0.244 e. The van der Waals surface area contributed by atoms with Gasteiger partial charge >= 0.3 is 0 Å². The zero-order chi connectivity index (χ0) is 20.3. The van der Waals surface area contributed by atoms with Crippen molar-refractivity contribution in [3.8, 4) is 5.75 Å². The fourth-order valence-electron chi connectivity index (χ4n) is 3.59. The second-order valence-electron chi connectivity index (χ2n) is 7.29. The summed E-state index contributed by atoms with van der Waals surface area (Å²) in [5.41, 5.74) is 3.57. The van der Waals surface area contributed by atoms with Crippen molar-refractivity contribution < 1.29 is 18.7 Å². The molecule has 0 bridgehead atoms. The first-order chi connectivity index (χ1) is 13.4. The lowest BCUT2D eigenvalue weighted by Crippen LogP contribution is -2.30. The van der Waals surface area contributed by atoms with Gasteiger partial charge in [-0.2, -0.15) is 0 Å². The molecule has 6 heteroatoms. The minimum Gasteiger partial charge on any atom is -0.496 e. The van der Waals surface area contributed by atoms with Gasteiger partial charge in [0.1, 0.15) is 17.1 Å². The number of likely N-dealkylation sites (tertiary alicyclic amines) is 1. The summed E-state index contributed by atoms with van der Waals surface area (Å²) in [6, 6.07) is 3.88. The fourth-order valence-corrected chi connectivity index (χ4v) is 3.59. The van der Waals surface area contributed by atoms with E-state index >= 15 is 0 Å². The third-order valence-corrected chi connectivity index (χ3v) is 5.34. The van der Waals surface area contributed by atoms with E-state index in [0.717, 1.165) is 52.8 Å². The van der Waals surface area contributed by atoms with Crippen LogP contribution in [-0.2, 0) is 9.59 Å². The molecule has 1 saturated heterocycles. The number of hydrogen-bond acceptors (Lipinski definition) is 4. The number of carbonyl (C=O) groups excluding carboxylic acids is 2. The number of nitrogens with zero attached hydrogens (tertiary/aromatic N) is 1. The third kappa shape index (κ3) is 4.21. The van der Waals surface area contributed by atoms with Crippen LogP contribution in [0.4, 0.5) is 0 Å². The first-order valence-corrected chi connectivity index (χ1v) is 9.72. The number of carbonyl (C=O) groups is 2. The quantitative estimate of drug-likeness (QED) is 0.585. The number of hydrogen-bond donors (Lipinski definition) is 1. The van der Waals surface area contributed by atoms with E-state index in [1.165, 1.54) is 0 Å². The van der Waals surface area contributed by atoms with Gasteiger partial charge in [-0.3, -0.25) is 9.59 Å². The molecule has 1 fully saturated rings. The van der Waals surface area contributed by atoms with Crippen LogP contribution in [0.15, 0.2) is 22.6 Å². The molecule has 1 aliphatic heterocycles. The Hall–Kier alpha value is -2.76. The van der Waals surface area contributed by atoms with Crippen LogP contribution >= 0.6 is 0 Å². The summed E-state index contributed by atoms with van der Waals surface area (Å²) in [5.74, 6) is 1.63. The molecular weight excluding hydrogens is 356 g/mol. The molecule has 3 rings (SSSR count). The molecule has 150 valence electrons. The Morgan fingerprint density at radius 3 is 2.82 bits per heavy atom. The normalized spacial score (nSPS) is 14.8. The van der Waals surface area contributed by atoms with Crippen molar-refractivity contribution in [1.82, 2.24) is 10.2 Å². The predicted octanol–water partition coefficient (Wildman–Crippen LogP) is 3.59. The minimum atomic E-state index is -0.146. The second-order valence-corrected chi connectivity index (χ2v) is 7.29. The van der Waals surface area contributed by atoms with Crippen molar-refractivity contribution in [2.75, 3.05) is 26.7 Å². The van der Waals surface area contributed by atoms with E-state index < -0.39 is 0 Å².